The van der Waals surface area contributed by atoms with E-state index < -0.39 is 0 Å². The molecule has 2 heterocycles. The molecule has 3 rings (SSSR count). The van der Waals surface area contributed by atoms with Gasteiger partial charge in [0.1, 0.15) is 5.76 Å². The average molecular weight is 323 g/mol. The van der Waals surface area contributed by atoms with Crippen molar-refractivity contribution < 1.29 is 9.32 Å². The molecular weight excluding hydrogens is 306 g/mol. The normalized spacial score (nSPS) is 10.4. The number of anilines is 3. The zero-order chi connectivity index (χ0) is 16.9. The Morgan fingerprint density at radius 1 is 1.00 bits per heavy atom. The van der Waals surface area contributed by atoms with E-state index in [2.05, 4.69) is 26.0 Å². The number of amides is 1. The first-order valence-corrected chi connectivity index (χ1v) is 7.48. The van der Waals surface area contributed by atoms with Crippen LogP contribution >= 0.6 is 0 Å². The first-order chi connectivity index (χ1) is 11.6. The molecule has 24 heavy (non-hydrogen) atoms. The summed E-state index contributed by atoms with van der Waals surface area (Å²) in [4.78, 5) is 12.0. The summed E-state index contributed by atoms with van der Waals surface area (Å²) in [6.07, 6.45) is 0.292. The molecule has 0 aliphatic heterocycles. The largest absolute Gasteiger partial charge is 0.360 e. The van der Waals surface area contributed by atoms with Gasteiger partial charge in [-0.05, 0) is 31.5 Å². The summed E-state index contributed by atoms with van der Waals surface area (Å²) in [6, 6.07) is 13.0. The van der Waals surface area contributed by atoms with Gasteiger partial charge in [-0.25, -0.2) is 0 Å². The molecule has 0 aliphatic carbocycles. The van der Waals surface area contributed by atoms with Gasteiger partial charge in [0.15, 0.2) is 17.5 Å². The molecule has 0 atom stereocenters. The van der Waals surface area contributed by atoms with Crippen LogP contribution in [0.15, 0.2) is 47.0 Å². The third-order valence-corrected chi connectivity index (χ3v) is 3.30. The van der Waals surface area contributed by atoms with E-state index in [4.69, 9.17) is 4.52 Å². The maximum absolute atomic E-state index is 12.0. The Hall–Kier alpha value is -3.22. The minimum atomic E-state index is -0.138. The standard InChI is InChI=1S/C17H17N5O2/c1-11-3-5-13(6-4-11)10-17(23)19-15-8-7-14(20-21-15)18-16-9-12(2)24-22-16/h3-9H,10H2,1-2H3,(H,18,20,22)(H,19,21,23). The van der Waals surface area contributed by atoms with Crippen LogP contribution in [0, 0.1) is 13.8 Å². The summed E-state index contributed by atoms with van der Waals surface area (Å²) in [5.41, 5.74) is 2.11. The Morgan fingerprint density at radius 2 is 1.71 bits per heavy atom. The van der Waals surface area contributed by atoms with E-state index in [1.807, 2.05) is 31.2 Å². The number of rotatable bonds is 5. The van der Waals surface area contributed by atoms with Gasteiger partial charge in [0.25, 0.3) is 0 Å². The van der Waals surface area contributed by atoms with Crippen LogP contribution in [0.3, 0.4) is 0 Å². The number of hydrogen-bond acceptors (Lipinski definition) is 6. The summed E-state index contributed by atoms with van der Waals surface area (Å²) in [5, 5.41) is 17.5. The van der Waals surface area contributed by atoms with E-state index in [0.717, 1.165) is 11.1 Å². The third-order valence-electron chi connectivity index (χ3n) is 3.30. The van der Waals surface area contributed by atoms with Crippen molar-refractivity contribution in [2.45, 2.75) is 20.3 Å². The predicted molar refractivity (Wildman–Crippen MR) is 90.1 cm³/mol. The molecule has 0 unspecified atom stereocenters. The molecule has 0 radical (unpaired) electrons. The van der Waals surface area contributed by atoms with Crippen molar-refractivity contribution >= 4 is 23.4 Å². The van der Waals surface area contributed by atoms with Crippen LogP contribution in [0.2, 0.25) is 0 Å². The summed E-state index contributed by atoms with van der Waals surface area (Å²) in [6.45, 7) is 3.81. The smallest absolute Gasteiger partial charge is 0.229 e. The summed E-state index contributed by atoms with van der Waals surface area (Å²) < 4.78 is 4.96. The lowest BCUT2D eigenvalue weighted by molar-refractivity contribution is -0.115. The van der Waals surface area contributed by atoms with Gasteiger partial charge in [-0.2, -0.15) is 0 Å². The van der Waals surface area contributed by atoms with Crippen LogP contribution in [0.4, 0.5) is 17.5 Å². The van der Waals surface area contributed by atoms with Gasteiger partial charge in [0.05, 0.1) is 6.42 Å². The second-order valence-corrected chi connectivity index (χ2v) is 5.46. The number of carbonyl (C=O) groups is 1. The lowest BCUT2D eigenvalue weighted by Crippen LogP contribution is -2.15. The van der Waals surface area contributed by atoms with Crippen molar-refractivity contribution in [3.8, 4) is 0 Å². The fourth-order valence-electron chi connectivity index (χ4n) is 2.10. The quantitative estimate of drug-likeness (QED) is 0.750. The zero-order valence-electron chi connectivity index (χ0n) is 13.4. The van der Waals surface area contributed by atoms with Gasteiger partial charge < -0.3 is 15.2 Å². The Bertz CT molecular complexity index is 825. The van der Waals surface area contributed by atoms with Crippen molar-refractivity contribution in [2.24, 2.45) is 0 Å². The molecule has 0 saturated carbocycles. The molecule has 7 heteroatoms. The predicted octanol–water partition coefficient (Wildman–Crippen LogP) is 3.01. The molecule has 7 nitrogen and oxygen atoms in total. The Balaban J connectivity index is 1.57. The van der Waals surface area contributed by atoms with Crippen LogP contribution in [-0.4, -0.2) is 21.3 Å². The second kappa shape index (κ2) is 6.91. The molecular formula is C17H17N5O2. The van der Waals surface area contributed by atoms with Crippen molar-refractivity contribution in [1.29, 1.82) is 0 Å². The lowest BCUT2D eigenvalue weighted by atomic mass is 10.1. The molecule has 0 aliphatic rings. The molecule has 122 valence electrons. The summed E-state index contributed by atoms with van der Waals surface area (Å²) in [5.74, 6) is 2.03. The fourth-order valence-corrected chi connectivity index (χ4v) is 2.10. The van der Waals surface area contributed by atoms with Gasteiger partial charge in [0, 0.05) is 6.07 Å². The highest BCUT2D eigenvalue weighted by Crippen LogP contribution is 2.14. The van der Waals surface area contributed by atoms with E-state index in [0.29, 0.717) is 29.6 Å². The minimum Gasteiger partial charge on any atom is -0.360 e. The molecule has 2 aromatic heterocycles. The Kier molecular flexibility index (Phi) is 4.51. The highest BCUT2D eigenvalue weighted by molar-refractivity contribution is 5.91. The molecule has 0 fully saturated rings. The number of hydrogen-bond donors (Lipinski definition) is 2. The molecule has 0 bridgehead atoms. The van der Waals surface area contributed by atoms with Crippen LogP contribution in [0.5, 0.6) is 0 Å². The van der Waals surface area contributed by atoms with Gasteiger partial charge >= 0.3 is 0 Å². The monoisotopic (exact) mass is 323 g/mol. The number of aromatic nitrogens is 3. The molecule has 1 amide bonds. The zero-order valence-corrected chi connectivity index (χ0v) is 13.4. The van der Waals surface area contributed by atoms with Crippen LogP contribution in [0.25, 0.3) is 0 Å². The molecule has 3 aromatic rings. The Labute approximate surface area is 139 Å². The van der Waals surface area contributed by atoms with E-state index >= 15 is 0 Å². The first kappa shape index (κ1) is 15.7. The third kappa shape index (κ3) is 4.16. The van der Waals surface area contributed by atoms with E-state index in [9.17, 15) is 4.79 Å². The van der Waals surface area contributed by atoms with Crippen LogP contribution in [-0.2, 0) is 11.2 Å². The van der Waals surface area contributed by atoms with Crippen LogP contribution < -0.4 is 10.6 Å². The fraction of sp³-hybridized carbons (Fsp3) is 0.176. The molecule has 1 aromatic carbocycles. The topological polar surface area (TPSA) is 92.9 Å². The lowest BCUT2D eigenvalue weighted by Gasteiger charge is -2.05. The number of nitrogens with one attached hydrogen (secondary N) is 2. The Morgan fingerprint density at radius 3 is 2.33 bits per heavy atom. The highest BCUT2D eigenvalue weighted by atomic mass is 16.5. The number of benzene rings is 1. The van der Waals surface area contributed by atoms with E-state index in [1.165, 1.54) is 0 Å². The molecule has 0 spiro atoms. The molecule has 2 N–H and O–H groups in total. The second-order valence-electron chi connectivity index (χ2n) is 5.46. The maximum atomic E-state index is 12.0. The van der Waals surface area contributed by atoms with Gasteiger partial charge in [-0.1, -0.05) is 35.0 Å². The van der Waals surface area contributed by atoms with Crippen molar-refractivity contribution in [3.05, 3.63) is 59.4 Å². The number of carbonyl (C=O) groups excluding carboxylic acids is 1. The maximum Gasteiger partial charge on any atom is 0.229 e. The van der Waals surface area contributed by atoms with Crippen molar-refractivity contribution in [3.63, 3.8) is 0 Å². The average Bonchev–Trinajstić information content (AvgIpc) is 2.96. The first-order valence-electron chi connectivity index (χ1n) is 7.48. The molecule has 0 saturated heterocycles. The van der Waals surface area contributed by atoms with Gasteiger partial charge in [-0.15, -0.1) is 10.2 Å². The van der Waals surface area contributed by atoms with E-state index in [-0.39, 0.29) is 5.91 Å². The van der Waals surface area contributed by atoms with Crippen molar-refractivity contribution in [2.75, 3.05) is 10.6 Å². The summed E-state index contributed by atoms with van der Waals surface area (Å²) >= 11 is 0. The number of aryl methyl sites for hydroxylation is 2. The summed E-state index contributed by atoms with van der Waals surface area (Å²) in [7, 11) is 0. The van der Waals surface area contributed by atoms with Crippen LogP contribution in [0.1, 0.15) is 16.9 Å². The SMILES string of the molecule is Cc1ccc(CC(=O)Nc2ccc(Nc3cc(C)on3)nn2)cc1. The number of nitrogens with zero attached hydrogens (tertiary/aromatic N) is 3. The van der Waals surface area contributed by atoms with Gasteiger partial charge in [0.2, 0.25) is 5.91 Å². The highest BCUT2D eigenvalue weighted by Gasteiger charge is 2.07. The minimum absolute atomic E-state index is 0.138. The van der Waals surface area contributed by atoms with Gasteiger partial charge in [-0.3, -0.25) is 4.79 Å². The van der Waals surface area contributed by atoms with Crippen molar-refractivity contribution in [1.82, 2.24) is 15.4 Å². The van der Waals surface area contributed by atoms with E-state index in [1.54, 1.807) is 25.1 Å².